The van der Waals surface area contributed by atoms with Crippen LogP contribution in [0.2, 0.25) is 0 Å². The first-order valence-electron chi connectivity index (χ1n) is 7.18. The van der Waals surface area contributed by atoms with Gasteiger partial charge in [0.25, 0.3) is 0 Å². The zero-order valence-electron chi connectivity index (χ0n) is 13.9. The Bertz CT molecular complexity index is 518. The van der Waals surface area contributed by atoms with Crippen molar-refractivity contribution in [2.24, 2.45) is 0 Å². The third-order valence-corrected chi connectivity index (χ3v) is 3.93. The van der Waals surface area contributed by atoms with Crippen LogP contribution in [0.4, 0.5) is 4.79 Å². The van der Waals surface area contributed by atoms with Crippen LogP contribution in [0.1, 0.15) is 43.6 Å². The second-order valence-electron chi connectivity index (χ2n) is 5.93. The molecule has 0 bridgehead atoms. The average molecular weight is 327 g/mol. The van der Waals surface area contributed by atoms with Crippen LogP contribution in [0.25, 0.3) is 5.76 Å². The lowest BCUT2D eigenvalue weighted by atomic mass is 10.2. The van der Waals surface area contributed by atoms with Crippen LogP contribution in [-0.4, -0.2) is 41.9 Å². The molecule has 1 aromatic heterocycles. The van der Waals surface area contributed by atoms with E-state index < -0.39 is 17.8 Å². The summed E-state index contributed by atoms with van der Waals surface area (Å²) in [5, 5.41) is 10.3. The van der Waals surface area contributed by atoms with Gasteiger partial charge in [0.15, 0.2) is 0 Å². The fourth-order valence-electron chi connectivity index (χ4n) is 1.69. The quantitative estimate of drug-likeness (QED) is 0.810. The van der Waals surface area contributed by atoms with Gasteiger partial charge in [-0.2, -0.15) is 0 Å². The summed E-state index contributed by atoms with van der Waals surface area (Å²) in [5.74, 6) is 0.589. The molecule has 124 valence electrons. The zero-order valence-corrected chi connectivity index (χ0v) is 14.7. The first-order valence-corrected chi connectivity index (χ1v) is 7.99. The molecule has 1 heterocycles. The van der Waals surface area contributed by atoms with Crippen LogP contribution in [0.3, 0.4) is 0 Å². The molecule has 0 fully saturated rings. The molecule has 1 N–H and O–H groups in total. The highest BCUT2D eigenvalue weighted by atomic mass is 32.1. The van der Waals surface area contributed by atoms with Crippen molar-refractivity contribution in [3.05, 3.63) is 28.5 Å². The van der Waals surface area contributed by atoms with Crippen LogP contribution >= 0.6 is 11.3 Å². The number of aliphatic hydroxyl groups excluding tert-OH is 1. The van der Waals surface area contributed by atoms with Crippen molar-refractivity contribution >= 4 is 23.2 Å². The van der Waals surface area contributed by atoms with Gasteiger partial charge in [0.05, 0.1) is 18.0 Å². The van der Waals surface area contributed by atoms with Gasteiger partial charge >= 0.3 is 6.09 Å². The van der Waals surface area contributed by atoms with Crippen molar-refractivity contribution in [3.8, 4) is 0 Å². The van der Waals surface area contributed by atoms with Gasteiger partial charge in [0.2, 0.25) is 0 Å². The Balaban J connectivity index is 2.63. The number of rotatable bonds is 6. The molecule has 6 heteroatoms. The van der Waals surface area contributed by atoms with Gasteiger partial charge < -0.3 is 19.5 Å². The fourth-order valence-corrected chi connectivity index (χ4v) is 2.60. The summed E-state index contributed by atoms with van der Waals surface area (Å²) >= 11 is 1.40. The fraction of sp³-hybridized carbons (Fsp3) is 0.562. The predicted molar refractivity (Wildman–Crippen MR) is 88.8 cm³/mol. The van der Waals surface area contributed by atoms with Gasteiger partial charge in [-0.05, 0) is 39.8 Å². The Morgan fingerprint density at radius 1 is 1.45 bits per heavy atom. The Labute approximate surface area is 136 Å². The number of nitrogens with zero attached hydrogens (tertiary/aromatic N) is 1. The van der Waals surface area contributed by atoms with E-state index in [1.807, 2.05) is 19.1 Å². The molecule has 0 saturated heterocycles. The highest BCUT2D eigenvalue weighted by Gasteiger charge is 2.22. The molecule has 1 aromatic rings. The van der Waals surface area contributed by atoms with E-state index in [-0.39, 0.29) is 6.54 Å². The normalized spacial score (nSPS) is 12.6. The number of thiophene rings is 1. The second-order valence-corrected chi connectivity index (χ2v) is 7.05. The van der Waals surface area contributed by atoms with E-state index in [0.717, 1.165) is 9.75 Å². The molecule has 0 aliphatic carbocycles. The van der Waals surface area contributed by atoms with Gasteiger partial charge in [0.1, 0.15) is 17.5 Å². The minimum absolute atomic E-state index is 0.163. The van der Waals surface area contributed by atoms with Crippen molar-refractivity contribution in [1.29, 1.82) is 0 Å². The summed E-state index contributed by atoms with van der Waals surface area (Å²) in [6.07, 6.45) is -1.23. The van der Waals surface area contributed by atoms with Crippen LogP contribution in [-0.2, 0) is 9.47 Å². The van der Waals surface area contributed by atoms with Crippen LogP contribution in [0.15, 0.2) is 18.7 Å². The highest BCUT2D eigenvalue weighted by molar-refractivity contribution is 7.13. The topological polar surface area (TPSA) is 59.0 Å². The Kier molecular flexibility index (Phi) is 6.44. The Morgan fingerprint density at radius 2 is 2.09 bits per heavy atom. The van der Waals surface area contributed by atoms with E-state index >= 15 is 0 Å². The zero-order chi connectivity index (χ0) is 16.9. The molecule has 0 spiro atoms. The van der Waals surface area contributed by atoms with Gasteiger partial charge in [-0.1, -0.05) is 6.58 Å². The SMILES string of the molecule is C=C(OCC)c1ccc(C(O)CN(C)C(=O)OC(C)(C)C)s1. The number of hydrogen-bond donors (Lipinski definition) is 1. The summed E-state index contributed by atoms with van der Waals surface area (Å²) in [6, 6.07) is 3.67. The highest BCUT2D eigenvalue weighted by Crippen LogP contribution is 2.28. The van der Waals surface area contributed by atoms with Gasteiger partial charge in [-0.15, -0.1) is 11.3 Å². The summed E-state index contributed by atoms with van der Waals surface area (Å²) in [5.41, 5.74) is -0.554. The van der Waals surface area contributed by atoms with Crippen molar-refractivity contribution in [2.75, 3.05) is 20.2 Å². The molecule has 1 rings (SSSR count). The lowest BCUT2D eigenvalue weighted by Gasteiger charge is -2.25. The Hall–Kier alpha value is -1.53. The van der Waals surface area contributed by atoms with Gasteiger partial charge in [0, 0.05) is 11.9 Å². The summed E-state index contributed by atoms with van der Waals surface area (Å²) in [6.45, 7) is 11.9. The average Bonchev–Trinajstić information content (AvgIpc) is 2.86. The maximum absolute atomic E-state index is 11.9. The predicted octanol–water partition coefficient (Wildman–Crippen LogP) is 3.66. The molecular formula is C16H25NO4S. The molecule has 0 radical (unpaired) electrons. The monoisotopic (exact) mass is 327 g/mol. The number of hydrogen-bond acceptors (Lipinski definition) is 5. The molecular weight excluding hydrogens is 302 g/mol. The van der Waals surface area contributed by atoms with Crippen LogP contribution in [0.5, 0.6) is 0 Å². The van der Waals surface area contributed by atoms with E-state index in [0.29, 0.717) is 12.4 Å². The Morgan fingerprint density at radius 3 is 2.64 bits per heavy atom. The van der Waals surface area contributed by atoms with E-state index in [4.69, 9.17) is 9.47 Å². The number of likely N-dealkylation sites (N-methyl/N-ethyl adjacent to an activating group) is 1. The lowest BCUT2D eigenvalue weighted by molar-refractivity contribution is 0.0208. The minimum atomic E-state index is -0.773. The maximum Gasteiger partial charge on any atom is 0.410 e. The summed E-state index contributed by atoms with van der Waals surface area (Å²) < 4.78 is 10.6. The first kappa shape index (κ1) is 18.5. The largest absolute Gasteiger partial charge is 0.493 e. The smallest absolute Gasteiger partial charge is 0.410 e. The number of amides is 1. The molecule has 22 heavy (non-hydrogen) atoms. The molecule has 5 nitrogen and oxygen atoms in total. The second kappa shape index (κ2) is 7.65. The van der Waals surface area contributed by atoms with E-state index in [9.17, 15) is 9.90 Å². The molecule has 1 amide bonds. The minimum Gasteiger partial charge on any atom is -0.493 e. The number of ether oxygens (including phenoxy) is 2. The summed E-state index contributed by atoms with van der Waals surface area (Å²) in [7, 11) is 1.60. The standard InChI is InChI=1S/C16H25NO4S/c1-7-20-11(2)13-8-9-14(22-13)12(18)10-17(6)15(19)21-16(3,4)5/h8-9,12,18H,2,7,10H2,1,3-6H3. The lowest BCUT2D eigenvalue weighted by Crippen LogP contribution is -2.36. The van der Waals surface area contributed by atoms with Gasteiger partial charge in [-0.3, -0.25) is 0 Å². The van der Waals surface area contributed by atoms with E-state index in [2.05, 4.69) is 6.58 Å². The van der Waals surface area contributed by atoms with Crippen molar-refractivity contribution < 1.29 is 19.4 Å². The van der Waals surface area contributed by atoms with E-state index in [1.165, 1.54) is 16.2 Å². The molecule has 0 aliphatic heterocycles. The van der Waals surface area contributed by atoms with Crippen LogP contribution < -0.4 is 0 Å². The first-order chi connectivity index (χ1) is 10.1. The van der Waals surface area contributed by atoms with Gasteiger partial charge in [-0.25, -0.2) is 4.79 Å². The van der Waals surface area contributed by atoms with Crippen molar-refractivity contribution in [2.45, 2.75) is 39.4 Å². The third-order valence-electron chi connectivity index (χ3n) is 2.70. The van der Waals surface area contributed by atoms with Crippen LogP contribution in [0, 0.1) is 0 Å². The molecule has 1 unspecified atom stereocenters. The molecule has 0 aromatic carbocycles. The van der Waals surface area contributed by atoms with Crippen molar-refractivity contribution in [1.82, 2.24) is 4.90 Å². The number of carbonyl (C=O) groups is 1. The molecule has 0 aliphatic rings. The number of aliphatic hydroxyl groups is 1. The summed E-state index contributed by atoms with van der Waals surface area (Å²) in [4.78, 5) is 14.9. The third kappa shape index (κ3) is 5.69. The molecule has 0 saturated carbocycles. The van der Waals surface area contributed by atoms with Crippen molar-refractivity contribution in [3.63, 3.8) is 0 Å². The van der Waals surface area contributed by atoms with E-state index in [1.54, 1.807) is 27.8 Å². The maximum atomic E-state index is 11.9. The number of carbonyl (C=O) groups excluding carboxylic acids is 1. The molecule has 1 atom stereocenters.